The fourth-order valence-corrected chi connectivity index (χ4v) is 3.03. The van der Waals surface area contributed by atoms with E-state index in [1.807, 2.05) is 4.68 Å². The summed E-state index contributed by atoms with van der Waals surface area (Å²) in [5.41, 5.74) is 0. The topological polar surface area (TPSA) is 50.9 Å². The van der Waals surface area contributed by atoms with E-state index < -0.39 is 0 Å². The molecule has 0 aliphatic heterocycles. The first-order valence-electron chi connectivity index (χ1n) is 7.29. The summed E-state index contributed by atoms with van der Waals surface area (Å²) in [6.07, 6.45) is 7.92. The first-order valence-corrected chi connectivity index (χ1v) is 7.29. The summed E-state index contributed by atoms with van der Waals surface area (Å²) in [6, 6.07) is 0. The van der Waals surface area contributed by atoms with Crippen LogP contribution in [0.15, 0.2) is 6.33 Å². The lowest BCUT2D eigenvalue weighted by molar-refractivity contribution is 0.105. The number of aryl methyl sites for hydroxylation is 1. The summed E-state index contributed by atoms with van der Waals surface area (Å²) in [4.78, 5) is 4.28. The van der Waals surface area contributed by atoms with Crippen molar-refractivity contribution < 1.29 is 5.11 Å². The van der Waals surface area contributed by atoms with E-state index in [4.69, 9.17) is 0 Å². The van der Waals surface area contributed by atoms with Gasteiger partial charge in [-0.3, -0.25) is 4.68 Å². The SMILES string of the molecule is CCCn1ncnc1CC(O)C1CCC(CC)C1. The Kier molecular flexibility index (Phi) is 4.75. The Morgan fingerprint density at radius 2 is 2.28 bits per heavy atom. The molecule has 4 heteroatoms. The van der Waals surface area contributed by atoms with Crippen molar-refractivity contribution in [1.29, 1.82) is 0 Å². The Balaban J connectivity index is 1.90. The van der Waals surface area contributed by atoms with Crippen LogP contribution in [0.2, 0.25) is 0 Å². The van der Waals surface area contributed by atoms with Gasteiger partial charge in [0.25, 0.3) is 0 Å². The van der Waals surface area contributed by atoms with E-state index in [2.05, 4.69) is 23.9 Å². The zero-order valence-electron chi connectivity index (χ0n) is 11.5. The highest BCUT2D eigenvalue weighted by molar-refractivity contribution is 4.91. The summed E-state index contributed by atoms with van der Waals surface area (Å²) in [7, 11) is 0. The second kappa shape index (κ2) is 6.32. The zero-order valence-corrected chi connectivity index (χ0v) is 11.5. The van der Waals surface area contributed by atoms with Gasteiger partial charge in [0.15, 0.2) is 0 Å². The molecule has 102 valence electrons. The summed E-state index contributed by atoms with van der Waals surface area (Å²) in [6.45, 7) is 5.27. The number of nitrogens with zero attached hydrogens (tertiary/aromatic N) is 3. The Hall–Kier alpha value is -0.900. The minimum absolute atomic E-state index is 0.249. The van der Waals surface area contributed by atoms with Gasteiger partial charge in [-0.15, -0.1) is 0 Å². The van der Waals surface area contributed by atoms with Crippen LogP contribution in [0.5, 0.6) is 0 Å². The van der Waals surface area contributed by atoms with Crippen molar-refractivity contribution in [3.05, 3.63) is 12.2 Å². The molecule has 1 N–H and O–H groups in total. The molecule has 0 spiro atoms. The quantitative estimate of drug-likeness (QED) is 0.844. The molecule has 1 heterocycles. The number of rotatable bonds is 6. The van der Waals surface area contributed by atoms with Crippen LogP contribution < -0.4 is 0 Å². The fraction of sp³-hybridized carbons (Fsp3) is 0.857. The molecule has 4 nitrogen and oxygen atoms in total. The first kappa shape index (κ1) is 13.5. The van der Waals surface area contributed by atoms with Gasteiger partial charge in [0.05, 0.1) is 6.10 Å². The lowest BCUT2D eigenvalue weighted by atomic mass is 9.96. The number of aromatic nitrogens is 3. The zero-order chi connectivity index (χ0) is 13.0. The minimum Gasteiger partial charge on any atom is -0.392 e. The second-order valence-electron chi connectivity index (χ2n) is 5.52. The van der Waals surface area contributed by atoms with Crippen LogP contribution in [-0.2, 0) is 13.0 Å². The molecule has 0 saturated heterocycles. The molecular formula is C14H25N3O. The number of hydrogen-bond donors (Lipinski definition) is 1. The van der Waals surface area contributed by atoms with Gasteiger partial charge in [-0.05, 0) is 31.1 Å². The van der Waals surface area contributed by atoms with Gasteiger partial charge in [0, 0.05) is 13.0 Å². The van der Waals surface area contributed by atoms with Crippen molar-refractivity contribution >= 4 is 0 Å². The van der Waals surface area contributed by atoms with E-state index in [9.17, 15) is 5.11 Å². The predicted octanol–water partition coefficient (Wildman–Crippen LogP) is 2.42. The molecule has 1 saturated carbocycles. The van der Waals surface area contributed by atoms with E-state index in [0.29, 0.717) is 12.3 Å². The van der Waals surface area contributed by atoms with Gasteiger partial charge in [-0.1, -0.05) is 26.7 Å². The summed E-state index contributed by atoms with van der Waals surface area (Å²) in [5, 5.41) is 14.6. The van der Waals surface area contributed by atoms with E-state index in [1.165, 1.54) is 25.7 Å². The highest BCUT2D eigenvalue weighted by atomic mass is 16.3. The summed E-state index contributed by atoms with van der Waals surface area (Å²) in [5.74, 6) is 2.21. The molecule has 3 atom stereocenters. The standard InChI is InChI=1S/C14H25N3O/c1-3-7-17-14(15-10-16-17)9-13(18)12-6-5-11(4-2)8-12/h10-13,18H,3-9H2,1-2H3. The van der Waals surface area contributed by atoms with Crippen molar-refractivity contribution in [1.82, 2.24) is 14.8 Å². The molecule has 0 amide bonds. The van der Waals surface area contributed by atoms with Crippen LogP contribution >= 0.6 is 0 Å². The largest absolute Gasteiger partial charge is 0.392 e. The first-order chi connectivity index (χ1) is 8.74. The number of hydrogen-bond acceptors (Lipinski definition) is 3. The second-order valence-corrected chi connectivity index (χ2v) is 5.52. The highest BCUT2D eigenvalue weighted by Gasteiger charge is 2.29. The minimum atomic E-state index is -0.249. The maximum absolute atomic E-state index is 10.3. The molecule has 1 aliphatic carbocycles. The fourth-order valence-electron chi connectivity index (χ4n) is 3.03. The van der Waals surface area contributed by atoms with Crippen molar-refractivity contribution in [3.63, 3.8) is 0 Å². The van der Waals surface area contributed by atoms with Crippen LogP contribution in [0.1, 0.15) is 51.8 Å². The van der Waals surface area contributed by atoms with Crippen LogP contribution in [0.4, 0.5) is 0 Å². The van der Waals surface area contributed by atoms with Crippen LogP contribution in [-0.4, -0.2) is 26.0 Å². The Morgan fingerprint density at radius 1 is 1.44 bits per heavy atom. The number of aliphatic hydroxyl groups is 1. The normalized spacial score (nSPS) is 25.5. The molecule has 0 bridgehead atoms. The monoisotopic (exact) mass is 251 g/mol. The van der Waals surface area contributed by atoms with E-state index in [-0.39, 0.29) is 6.10 Å². The van der Waals surface area contributed by atoms with Crippen LogP contribution in [0.25, 0.3) is 0 Å². The third kappa shape index (κ3) is 3.10. The molecule has 1 aromatic heterocycles. The Morgan fingerprint density at radius 3 is 2.94 bits per heavy atom. The molecule has 18 heavy (non-hydrogen) atoms. The lowest BCUT2D eigenvalue weighted by Crippen LogP contribution is -2.23. The molecule has 0 radical (unpaired) electrons. The molecule has 3 unspecified atom stereocenters. The molecule has 1 fully saturated rings. The van der Waals surface area contributed by atoms with E-state index in [1.54, 1.807) is 6.33 Å². The summed E-state index contributed by atoms with van der Waals surface area (Å²) < 4.78 is 1.93. The van der Waals surface area contributed by atoms with Gasteiger partial charge in [-0.25, -0.2) is 4.98 Å². The smallest absolute Gasteiger partial charge is 0.138 e. The Bertz CT molecular complexity index is 364. The third-order valence-electron chi connectivity index (χ3n) is 4.23. The predicted molar refractivity (Wildman–Crippen MR) is 71.1 cm³/mol. The maximum Gasteiger partial charge on any atom is 0.138 e. The van der Waals surface area contributed by atoms with E-state index in [0.717, 1.165) is 24.7 Å². The molecule has 1 aromatic rings. The third-order valence-corrected chi connectivity index (χ3v) is 4.23. The van der Waals surface area contributed by atoms with E-state index >= 15 is 0 Å². The van der Waals surface area contributed by atoms with Gasteiger partial charge >= 0.3 is 0 Å². The van der Waals surface area contributed by atoms with Crippen molar-refractivity contribution in [2.75, 3.05) is 0 Å². The maximum atomic E-state index is 10.3. The highest BCUT2D eigenvalue weighted by Crippen LogP contribution is 2.35. The number of aliphatic hydroxyl groups excluding tert-OH is 1. The van der Waals surface area contributed by atoms with Gasteiger partial charge in [-0.2, -0.15) is 5.10 Å². The van der Waals surface area contributed by atoms with Gasteiger partial charge < -0.3 is 5.11 Å². The van der Waals surface area contributed by atoms with Crippen LogP contribution in [0, 0.1) is 11.8 Å². The van der Waals surface area contributed by atoms with Gasteiger partial charge in [0.1, 0.15) is 12.2 Å². The summed E-state index contributed by atoms with van der Waals surface area (Å²) >= 11 is 0. The molecular weight excluding hydrogens is 226 g/mol. The van der Waals surface area contributed by atoms with Crippen molar-refractivity contribution in [2.24, 2.45) is 11.8 Å². The average Bonchev–Trinajstić information content (AvgIpc) is 2.99. The van der Waals surface area contributed by atoms with Crippen LogP contribution in [0.3, 0.4) is 0 Å². The van der Waals surface area contributed by atoms with Gasteiger partial charge in [0.2, 0.25) is 0 Å². The molecule has 2 rings (SSSR count). The average molecular weight is 251 g/mol. The lowest BCUT2D eigenvalue weighted by Gasteiger charge is -2.18. The molecule has 1 aliphatic rings. The molecule has 0 aromatic carbocycles. The van der Waals surface area contributed by atoms with Crippen molar-refractivity contribution in [3.8, 4) is 0 Å². The van der Waals surface area contributed by atoms with Crippen molar-refractivity contribution in [2.45, 2.75) is 65.0 Å². The Labute approximate surface area is 109 Å².